The summed E-state index contributed by atoms with van der Waals surface area (Å²) >= 11 is 0. The van der Waals surface area contributed by atoms with E-state index in [-0.39, 0.29) is 12.5 Å². The van der Waals surface area contributed by atoms with E-state index in [1.54, 1.807) is 7.11 Å². The highest BCUT2D eigenvalue weighted by Gasteiger charge is 2.18. The Morgan fingerprint density at radius 3 is 2.93 bits per heavy atom. The maximum atomic E-state index is 11.1. The zero-order valence-corrected chi connectivity index (χ0v) is 9.92. The second-order valence-corrected chi connectivity index (χ2v) is 4.71. The van der Waals surface area contributed by atoms with Gasteiger partial charge in [0, 0.05) is 13.7 Å². The minimum atomic E-state index is 0.00126. The number of rotatable bonds is 5. The highest BCUT2D eigenvalue weighted by Crippen LogP contribution is 2.30. The van der Waals surface area contributed by atoms with E-state index in [9.17, 15) is 4.79 Å². The van der Waals surface area contributed by atoms with Gasteiger partial charge < -0.3 is 10.1 Å². The van der Waals surface area contributed by atoms with Gasteiger partial charge in [0.1, 0.15) is 6.61 Å². The molecule has 0 radical (unpaired) electrons. The Hall–Kier alpha value is -0.570. The molecule has 0 spiro atoms. The molecule has 0 aromatic heterocycles. The summed E-state index contributed by atoms with van der Waals surface area (Å²) in [6.07, 6.45) is 6.54. The minimum absolute atomic E-state index is 0.00126. The van der Waals surface area contributed by atoms with Gasteiger partial charge in [0.05, 0.1) is 0 Å². The minimum Gasteiger partial charge on any atom is -0.375 e. The number of methoxy groups -OCH3 is 1. The average Bonchev–Trinajstić information content (AvgIpc) is 2.18. The van der Waals surface area contributed by atoms with Gasteiger partial charge in [-0.05, 0) is 24.7 Å². The number of amides is 1. The first kappa shape index (κ1) is 12.5. The van der Waals surface area contributed by atoms with Crippen molar-refractivity contribution in [3.8, 4) is 0 Å². The third-order valence-corrected chi connectivity index (χ3v) is 3.20. The fourth-order valence-electron chi connectivity index (χ4n) is 2.42. The molecule has 1 fully saturated rings. The highest BCUT2D eigenvalue weighted by molar-refractivity contribution is 5.77. The third kappa shape index (κ3) is 5.17. The largest absolute Gasteiger partial charge is 0.375 e. The van der Waals surface area contributed by atoms with Gasteiger partial charge in [-0.1, -0.05) is 26.2 Å². The summed E-state index contributed by atoms with van der Waals surface area (Å²) in [4.78, 5) is 11.1. The Bertz CT molecular complexity index is 194. The molecule has 1 saturated carbocycles. The van der Waals surface area contributed by atoms with Crippen LogP contribution in [0.25, 0.3) is 0 Å². The van der Waals surface area contributed by atoms with Gasteiger partial charge in [0.2, 0.25) is 5.91 Å². The molecule has 2 unspecified atom stereocenters. The maximum Gasteiger partial charge on any atom is 0.245 e. The molecule has 1 rings (SSSR count). The van der Waals surface area contributed by atoms with E-state index in [1.165, 1.54) is 25.7 Å². The van der Waals surface area contributed by atoms with Crippen LogP contribution in [0.1, 0.15) is 39.0 Å². The lowest BCUT2D eigenvalue weighted by molar-refractivity contribution is -0.124. The van der Waals surface area contributed by atoms with E-state index in [0.29, 0.717) is 0 Å². The van der Waals surface area contributed by atoms with E-state index < -0.39 is 0 Å². The van der Waals surface area contributed by atoms with E-state index >= 15 is 0 Å². The van der Waals surface area contributed by atoms with Crippen molar-refractivity contribution < 1.29 is 9.53 Å². The van der Waals surface area contributed by atoms with E-state index in [1.807, 2.05) is 0 Å². The molecule has 0 heterocycles. The summed E-state index contributed by atoms with van der Waals surface area (Å²) < 4.78 is 4.75. The number of hydrogen-bond donors (Lipinski definition) is 1. The lowest BCUT2D eigenvalue weighted by atomic mass is 9.81. The van der Waals surface area contributed by atoms with Crippen molar-refractivity contribution in [2.24, 2.45) is 11.8 Å². The molecule has 88 valence electrons. The third-order valence-electron chi connectivity index (χ3n) is 3.20. The summed E-state index contributed by atoms with van der Waals surface area (Å²) in [5, 5.41) is 2.88. The Balaban J connectivity index is 2.06. The number of carbonyl (C=O) groups is 1. The molecule has 1 amide bonds. The van der Waals surface area contributed by atoms with Crippen molar-refractivity contribution in [2.75, 3.05) is 20.3 Å². The van der Waals surface area contributed by atoms with Crippen LogP contribution in [0.3, 0.4) is 0 Å². The summed E-state index contributed by atoms with van der Waals surface area (Å²) in [7, 11) is 1.54. The van der Waals surface area contributed by atoms with Crippen LogP contribution in [0.2, 0.25) is 0 Å². The molecule has 2 atom stereocenters. The summed E-state index contributed by atoms with van der Waals surface area (Å²) in [6.45, 7) is 3.32. The Morgan fingerprint density at radius 2 is 2.27 bits per heavy atom. The first-order chi connectivity index (χ1) is 7.22. The number of hydrogen-bond acceptors (Lipinski definition) is 2. The lowest BCUT2D eigenvalue weighted by Crippen LogP contribution is -2.29. The lowest BCUT2D eigenvalue weighted by Gasteiger charge is -2.26. The maximum absolute atomic E-state index is 11.1. The van der Waals surface area contributed by atoms with Gasteiger partial charge >= 0.3 is 0 Å². The van der Waals surface area contributed by atoms with Gasteiger partial charge in [-0.15, -0.1) is 0 Å². The van der Waals surface area contributed by atoms with Crippen LogP contribution >= 0.6 is 0 Å². The zero-order valence-electron chi connectivity index (χ0n) is 9.92. The number of carbonyl (C=O) groups excluding carboxylic acids is 1. The van der Waals surface area contributed by atoms with Gasteiger partial charge in [-0.3, -0.25) is 4.79 Å². The molecule has 0 bridgehead atoms. The second-order valence-electron chi connectivity index (χ2n) is 4.71. The zero-order chi connectivity index (χ0) is 11.1. The fraction of sp³-hybridized carbons (Fsp3) is 0.917. The van der Waals surface area contributed by atoms with Crippen molar-refractivity contribution in [3.63, 3.8) is 0 Å². The summed E-state index contributed by atoms with van der Waals surface area (Å²) in [6, 6.07) is 0. The monoisotopic (exact) mass is 213 g/mol. The van der Waals surface area contributed by atoms with Crippen molar-refractivity contribution in [3.05, 3.63) is 0 Å². The quantitative estimate of drug-likeness (QED) is 0.758. The molecule has 0 saturated heterocycles. The Morgan fingerprint density at radius 1 is 1.47 bits per heavy atom. The molecule has 0 aliphatic heterocycles. The highest BCUT2D eigenvalue weighted by atomic mass is 16.5. The molecule has 3 nitrogen and oxygen atoms in total. The molecular formula is C12H23NO2. The van der Waals surface area contributed by atoms with Crippen LogP contribution < -0.4 is 5.32 Å². The molecule has 15 heavy (non-hydrogen) atoms. The van der Waals surface area contributed by atoms with Crippen LogP contribution in [0.5, 0.6) is 0 Å². The van der Waals surface area contributed by atoms with Crippen LogP contribution in [0.4, 0.5) is 0 Å². The molecule has 1 aliphatic carbocycles. The van der Waals surface area contributed by atoms with Crippen molar-refractivity contribution in [1.29, 1.82) is 0 Å². The van der Waals surface area contributed by atoms with Crippen molar-refractivity contribution in [2.45, 2.75) is 39.0 Å². The van der Waals surface area contributed by atoms with E-state index in [4.69, 9.17) is 4.74 Å². The Labute approximate surface area is 92.6 Å². The topological polar surface area (TPSA) is 38.3 Å². The van der Waals surface area contributed by atoms with Gasteiger partial charge in [0.15, 0.2) is 0 Å². The average molecular weight is 213 g/mol. The molecule has 1 aliphatic rings. The van der Waals surface area contributed by atoms with Crippen LogP contribution in [-0.2, 0) is 9.53 Å². The van der Waals surface area contributed by atoms with E-state index in [2.05, 4.69) is 12.2 Å². The molecule has 0 aromatic rings. The van der Waals surface area contributed by atoms with Gasteiger partial charge in [-0.25, -0.2) is 0 Å². The van der Waals surface area contributed by atoms with Gasteiger partial charge in [-0.2, -0.15) is 0 Å². The molecular weight excluding hydrogens is 190 g/mol. The second kappa shape index (κ2) is 6.83. The molecule has 0 aromatic carbocycles. The van der Waals surface area contributed by atoms with Crippen molar-refractivity contribution >= 4 is 5.91 Å². The van der Waals surface area contributed by atoms with Gasteiger partial charge in [0.25, 0.3) is 0 Å². The number of ether oxygens (including phenoxy) is 1. The normalized spacial score (nSPS) is 26.3. The molecule has 3 heteroatoms. The van der Waals surface area contributed by atoms with E-state index in [0.717, 1.165) is 24.8 Å². The SMILES string of the molecule is COCC(=O)NCCC1CCCC(C)C1. The van der Waals surface area contributed by atoms with Crippen LogP contribution in [-0.4, -0.2) is 26.2 Å². The summed E-state index contributed by atoms with van der Waals surface area (Å²) in [5.74, 6) is 1.69. The fourth-order valence-corrected chi connectivity index (χ4v) is 2.42. The molecule has 1 N–H and O–H groups in total. The Kier molecular flexibility index (Phi) is 5.69. The van der Waals surface area contributed by atoms with Crippen LogP contribution in [0.15, 0.2) is 0 Å². The smallest absolute Gasteiger partial charge is 0.245 e. The van der Waals surface area contributed by atoms with Crippen molar-refractivity contribution in [1.82, 2.24) is 5.32 Å². The van der Waals surface area contributed by atoms with Crippen LogP contribution in [0, 0.1) is 11.8 Å². The predicted molar refractivity (Wildman–Crippen MR) is 60.6 cm³/mol. The first-order valence-corrected chi connectivity index (χ1v) is 5.98. The standard InChI is InChI=1S/C12H23NO2/c1-10-4-3-5-11(8-10)6-7-13-12(14)9-15-2/h10-11H,3-9H2,1-2H3,(H,13,14). The first-order valence-electron chi connectivity index (χ1n) is 5.98. The number of nitrogens with one attached hydrogen (secondary N) is 1. The predicted octanol–water partition coefficient (Wildman–Crippen LogP) is 1.97. The summed E-state index contributed by atoms with van der Waals surface area (Å²) in [5.41, 5.74) is 0.